The van der Waals surface area contributed by atoms with Crippen molar-refractivity contribution >= 4 is 22.6 Å². The molecule has 0 saturated carbocycles. The number of aromatic carboxylic acids is 1. The molecule has 3 heterocycles. The number of nitrogens with zero attached hydrogens (tertiary/aromatic N) is 2. The van der Waals surface area contributed by atoms with Gasteiger partial charge in [-0.05, 0) is 30.7 Å². The van der Waals surface area contributed by atoms with Gasteiger partial charge in [-0.2, -0.15) is 0 Å². The van der Waals surface area contributed by atoms with E-state index in [0.717, 1.165) is 5.56 Å². The Hall–Kier alpha value is -3.42. The molecule has 0 fully saturated rings. The fraction of sp³-hybridized carbons (Fsp3) is 0.238. The Labute approximate surface area is 163 Å². The van der Waals surface area contributed by atoms with E-state index in [0.29, 0.717) is 17.6 Å². The molecule has 1 N–H and O–H groups in total. The van der Waals surface area contributed by atoms with E-state index >= 15 is 4.39 Å². The predicted molar refractivity (Wildman–Crippen MR) is 102 cm³/mol. The quantitative estimate of drug-likeness (QED) is 0.716. The van der Waals surface area contributed by atoms with Gasteiger partial charge in [0.05, 0.1) is 11.6 Å². The molecule has 0 unspecified atom stereocenters. The lowest BCUT2D eigenvalue weighted by molar-refractivity contribution is 0.0694. The number of hydrogen-bond acceptors (Lipinski definition) is 4. The van der Waals surface area contributed by atoms with Crippen LogP contribution in [0, 0.1) is 11.6 Å². The summed E-state index contributed by atoms with van der Waals surface area (Å²) < 4.78 is 36.5. The molecular formula is C21H16F2N2O4. The summed E-state index contributed by atoms with van der Waals surface area (Å²) in [5, 5.41) is 9.63. The second-order valence-corrected chi connectivity index (χ2v) is 7.41. The maximum atomic E-state index is 15.2. The molecule has 1 atom stereocenters. The molecule has 6 nitrogen and oxygen atoms in total. The van der Waals surface area contributed by atoms with Crippen molar-refractivity contribution in [3.05, 3.63) is 69.0 Å². The van der Waals surface area contributed by atoms with E-state index in [9.17, 15) is 19.1 Å². The van der Waals surface area contributed by atoms with E-state index in [-0.39, 0.29) is 35.8 Å². The Morgan fingerprint density at radius 3 is 2.72 bits per heavy atom. The Kier molecular flexibility index (Phi) is 3.68. The highest BCUT2D eigenvalue weighted by Gasteiger charge is 2.32. The fourth-order valence-electron chi connectivity index (χ4n) is 4.25. The number of carboxylic acids is 1. The summed E-state index contributed by atoms with van der Waals surface area (Å²) in [6, 6.07) is 6.74. The first-order chi connectivity index (χ1) is 13.9. The fourth-order valence-corrected chi connectivity index (χ4v) is 4.25. The van der Waals surface area contributed by atoms with E-state index in [4.69, 9.17) is 4.74 Å². The molecule has 1 aromatic heterocycles. The standard InChI is InChI=1S/C21H16F2N2O4/c1-10-9-29-19-17-12(5-13(21(27)28)20(26)25(10)17)6-16(23)18(19)24-7-11-3-2-4-15(22)14(11)8-24/h2-6,10H,7-9H2,1H3,(H,27,28)/t10-/m0/s1. The number of fused-ring (bicyclic) bond motifs is 1. The average Bonchev–Trinajstić information content (AvgIpc) is 3.10. The number of ether oxygens (including phenoxy) is 1. The van der Waals surface area contributed by atoms with Gasteiger partial charge in [0.2, 0.25) is 0 Å². The zero-order valence-corrected chi connectivity index (χ0v) is 15.4. The van der Waals surface area contributed by atoms with Crippen LogP contribution in [0.4, 0.5) is 14.5 Å². The van der Waals surface area contributed by atoms with Crippen LogP contribution in [0.5, 0.6) is 5.75 Å². The lowest BCUT2D eigenvalue weighted by Crippen LogP contribution is -2.34. The predicted octanol–water partition coefficient (Wildman–Crippen LogP) is 3.45. The maximum Gasteiger partial charge on any atom is 0.341 e. The molecule has 0 bridgehead atoms. The minimum Gasteiger partial charge on any atom is -0.487 e. The highest BCUT2D eigenvalue weighted by molar-refractivity contribution is 5.97. The Morgan fingerprint density at radius 2 is 2.00 bits per heavy atom. The lowest BCUT2D eigenvalue weighted by atomic mass is 10.1. The molecular weight excluding hydrogens is 382 g/mol. The van der Waals surface area contributed by atoms with Crippen LogP contribution in [0.1, 0.15) is 34.5 Å². The summed E-state index contributed by atoms with van der Waals surface area (Å²) in [5.41, 5.74) is 0.694. The van der Waals surface area contributed by atoms with Crippen LogP contribution in [0.25, 0.3) is 10.9 Å². The summed E-state index contributed by atoms with van der Waals surface area (Å²) in [7, 11) is 0. The van der Waals surface area contributed by atoms with Crippen LogP contribution in [0.3, 0.4) is 0 Å². The van der Waals surface area contributed by atoms with Crippen LogP contribution >= 0.6 is 0 Å². The molecule has 0 amide bonds. The molecule has 2 aliphatic heterocycles. The number of halogens is 2. The first-order valence-electron chi connectivity index (χ1n) is 9.16. The first-order valence-corrected chi connectivity index (χ1v) is 9.16. The molecule has 0 aliphatic carbocycles. The van der Waals surface area contributed by atoms with Gasteiger partial charge < -0.3 is 14.7 Å². The zero-order chi connectivity index (χ0) is 20.4. The number of rotatable bonds is 2. The van der Waals surface area contributed by atoms with Crippen LogP contribution in [0.2, 0.25) is 0 Å². The third kappa shape index (κ3) is 2.45. The third-order valence-corrected chi connectivity index (χ3v) is 5.58. The largest absolute Gasteiger partial charge is 0.487 e. The Balaban J connectivity index is 1.77. The van der Waals surface area contributed by atoms with Crippen molar-refractivity contribution in [1.29, 1.82) is 0 Å². The first kappa shape index (κ1) is 17.7. The van der Waals surface area contributed by atoms with Gasteiger partial charge in [-0.3, -0.25) is 9.36 Å². The van der Waals surface area contributed by atoms with E-state index in [1.807, 2.05) is 0 Å². The normalized spacial score (nSPS) is 17.3. The van der Waals surface area contributed by atoms with Crippen LogP contribution in [-0.2, 0) is 13.1 Å². The number of carboxylic acid groups (broad SMARTS) is 1. The van der Waals surface area contributed by atoms with Crippen molar-refractivity contribution in [2.24, 2.45) is 0 Å². The van der Waals surface area contributed by atoms with Crippen molar-refractivity contribution in [1.82, 2.24) is 4.57 Å². The van der Waals surface area contributed by atoms with E-state index < -0.39 is 29.0 Å². The number of hydrogen-bond donors (Lipinski definition) is 1. The number of aromatic nitrogens is 1. The minimum absolute atomic E-state index is 0.0939. The van der Waals surface area contributed by atoms with Gasteiger partial charge in [0.15, 0.2) is 11.6 Å². The monoisotopic (exact) mass is 398 g/mol. The highest BCUT2D eigenvalue weighted by Crippen LogP contribution is 2.44. The Morgan fingerprint density at radius 1 is 1.21 bits per heavy atom. The summed E-state index contributed by atoms with van der Waals surface area (Å²) in [6.07, 6.45) is 0. The summed E-state index contributed by atoms with van der Waals surface area (Å²) in [6.45, 7) is 2.31. The highest BCUT2D eigenvalue weighted by atomic mass is 19.1. The molecule has 2 aliphatic rings. The Bertz CT molecular complexity index is 1270. The van der Waals surface area contributed by atoms with Gasteiger partial charge in [0, 0.05) is 24.0 Å². The molecule has 0 spiro atoms. The zero-order valence-electron chi connectivity index (χ0n) is 15.4. The van der Waals surface area contributed by atoms with Gasteiger partial charge in [-0.1, -0.05) is 12.1 Å². The molecule has 2 aromatic carbocycles. The van der Waals surface area contributed by atoms with Gasteiger partial charge in [-0.25, -0.2) is 13.6 Å². The molecule has 3 aromatic rings. The average molecular weight is 398 g/mol. The number of carbonyl (C=O) groups is 1. The molecule has 8 heteroatoms. The minimum atomic E-state index is -1.36. The molecule has 29 heavy (non-hydrogen) atoms. The van der Waals surface area contributed by atoms with Crippen molar-refractivity contribution < 1.29 is 23.4 Å². The molecule has 0 radical (unpaired) electrons. The second kappa shape index (κ2) is 6.04. The molecule has 148 valence electrons. The summed E-state index contributed by atoms with van der Waals surface area (Å²) in [5.74, 6) is -2.15. The van der Waals surface area contributed by atoms with Crippen LogP contribution in [0.15, 0.2) is 35.1 Å². The van der Waals surface area contributed by atoms with E-state index in [1.54, 1.807) is 24.0 Å². The summed E-state index contributed by atoms with van der Waals surface area (Å²) >= 11 is 0. The van der Waals surface area contributed by atoms with Gasteiger partial charge in [-0.15, -0.1) is 0 Å². The third-order valence-electron chi connectivity index (χ3n) is 5.58. The van der Waals surface area contributed by atoms with Gasteiger partial charge in [0.1, 0.15) is 23.7 Å². The lowest BCUT2D eigenvalue weighted by Gasteiger charge is -2.30. The van der Waals surface area contributed by atoms with Crippen LogP contribution < -0.4 is 15.2 Å². The SMILES string of the molecule is C[C@H]1COc2c(N3Cc4cccc(F)c4C3)c(F)cc3cc(C(=O)O)c(=O)n1c23. The smallest absolute Gasteiger partial charge is 0.341 e. The van der Waals surface area contributed by atoms with Gasteiger partial charge >= 0.3 is 5.97 Å². The van der Waals surface area contributed by atoms with Gasteiger partial charge in [0.25, 0.3) is 5.56 Å². The number of pyridine rings is 1. The maximum absolute atomic E-state index is 15.2. The second-order valence-electron chi connectivity index (χ2n) is 7.41. The molecule has 5 rings (SSSR count). The topological polar surface area (TPSA) is 71.8 Å². The number of benzene rings is 2. The van der Waals surface area contributed by atoms with Crippen molar-refractivity contribution in [3.63, 3.8) is 0 Å². The number of anilines is 1. The van der Waals surface area contributed by atoms with Crippen molar-refractivity contribution in [2.75, 3.05) is 11.5 Å². The summed E-state index contributed by atoms with van der Waals surface area (Å²) in [4.78, 5) is 25.9. The van der Waals surface area contributed by atoms with E-state index in [2.05, 4.69) is 0 Å². The van der Waals surface area contributed by atoms with Crippen molar-refractivity contribution in [2.45, 2.75) is 26.1 Å². The van der Waals surface area contributed by atoms with Crippen molar-refractivity contribution in [3.8, 4) is 5.75 Å². The van der Waals surface area contributed by atoms with Crippen LogP contribution in [-0.4, -0.2) is 22.2 Å². The molecule has 0 saturated heterocycles. The van der Waals surface area contributed by atoms with E-state index in [1.165, 1.54) is 22.8 Å².